The molecule has 0 aliphatic carbocycles. The Bertz CT molecular complexity index is 1070. The molecular weight excluding hydrogens is 432 g/mol. The molecule has 10 heteroatoms. The molecule has 0 saturated carbocycles. The van der Waals surface area contributed by atoms with Crippen LogP contribution < -0.4 is 20.7 Å². The molecule has 1 unspecified atom stereocenters. The van der Waals surface area contributed by atoms with Gasteiger partial charge in [0, 0.05) is 24.7 Å². The Hall–Kier alpha value is -3.24. The Morgan fingerprint density at radius 2 is 1.41 bits per heavy atom. The van der Waals surface area contributed by atoms with Gasteiger partial charge in [0.25, 0.3) is 0 Å². The second-order valence-electron chi connectivity index (χ2n) is 7.30. The van der Waals surface area contributed by atoms with Crippen molar-refractivity contribution in [2.45, 2.75) is 51.1 Å². The van der Waals surface area contributed by atoms with E-state index in [1.807, 2.05) is 0 Å². The van der Waals surface area contributed by atoms with E-state index in [1.54, 1.807) is 38.1 Å². The van der Waals surface area contributed by atoms with Crippen LogP contribution in [-0.4, -0.2) is 32.2 Å². The first kappa shape index (κ1) is 25.0. The Kier molecular flexibility index (Phi) is 8.50. The van der Waals surface area contributed by atoms with Gasteiger partial charge in [-0.1, -0.05) is 19.1 Å². The maximum absolute atomic E-state index is 12.6. The number of carbonyl (C=O) groups is 3. The summed E-state index contributed by atoms with van der Waals surface area (Å²) in [5, 5.41) is 8.07. The van der Waals surface area contributed by atoms with Crippen LogP contribution in [0.5, 0.6) is 0 Å². The summed E-state index contributed by atoms with van der Waals surface area (Å²) in [6, 6.07) is 11.3. The molecule has 0 spiro atoms. The molecule has 2 aromatic carbocycles. The molecule has 0 radical (unpaired) electrons. The molecule has 2 aromatic rings. The fourth-order valence-electron chi connectivity index (χ4n) is 2.80. The van der Waals surface area contributed by atoms with E-state index < -0.39 is 22.0 Å². The SMILES string of the molecule is CCC(=O)Nc1ccc(C(C)NC(=O)[C@H](C)NS(=O)(=O)c2ccc(NC(C)=O)cc2)cc1. The predicted octanol–water partition coefficient (Wildman–Crippen LogP) is 2.54. The second-order valence-corrected chi connectivity index (χ2v) is 9.02. The lowest BCUT2D eigenvalue weighted by molar-refractivity contribution is -0.123. The van der Waals surface area contributed by atoms with Gasteiger partial charge in [0.2, 0.25) is 27.7 Å². The zero-order valence-electron chi connectivity index (χ0n) is 18.4. The van der Waals surface area contributed by atoms with E-state index >= 15 is 0 Å². The van der Waals surface area contributed by atoms with Gasteiger partial charge in [0.05, 0.1) is 17.0 Å². The predicted molar refractivity (Wildman–Crippen MR) is 122 cm³/mol. The summed E-state index contributed by atoms with van der Waals surface area (Å²) >= 11 is 0. The lowest BCUT2D eigenvalue weighted by Gasteiger charge is -2.19. The van der Waals surface area contributed by atoms with Crippen LogP contribution in [0.4, 0.5) is 11.4 Å². The minimum Gasteiger partial charge on any atom is -0.348 e. The summed E-state index contributed by atoms with van der Waals surface area (Å²) in [6.45, 7) is 6.35. The zero-order chi connectivity index (χ0) is 23.9. The highest BCUT2D eigenvalue weighted by molar-refractivity contribution is 7.89. The van der Waals surface area contributed by atoms with Gasteiger partial charge in [0.15, 0.2) is 0 Å². The Morgan fingerprint density at radius 3 is 1.94 bits per heavy atom. The normalized spacial score (nSPS) is 13.0. The maximum atomic E-state index is 12.6. The molecule has 0 aliphatic rings. The van der Waals surface area contributed by atoms with Gasteiger partial charge in [-0.05, 0) is 55.8 Å². The average molecular weight is 461 g/mol. The second kappa shape index (κ2) is 10.9. The number of rotatable bonds is 9. The van der Waals surface area contributed by atoms with Gasteiger partial charge in [-0.3, -0.25) is 14.4 Å². The van der Waals surface area contributed by atoms with Gasteiger partial charge in [-0.2, -0.15) is 4.72 Å². The molecule has 0 aliphatic heterocycles. The summed E-state index contributed by atoms with van der Waals surface area (Å²) < 4.78 is 27.5. The van der Waals surface area contributed by atoms with Crippen molar-refractivity contribution in [3.8, 4) is 0 Å². The van der Waals surface area contributed by atoms with Crippen LogP contribution >= 0.6 is 0 Å². The van der Waals surface area contributed by atoms with Crippen LogP contribution in [0.2, 0.25) is 0 Å². The smallest absolute Gasteiger partial charge is 0.241 e. The molecule has 2 rings (SSSR count). The van der Waals surface area contributed by atoms with Crippen LogP contribution in [0.15, 0.2) is 53.4 Å². The minimum absolute atomic E-state index is 0.0241. The highest BCUT2D eigenvalue weighted by Gasteiger charge is 2.23. The molecular formula is C22H28N4O5S. The molecule has 32 heavy (non-hydrogen) atoms. The van der Waals surface area contributed by atoms with E-state index in [2.05, 4.69) is 20.7 Å². The standard InChI is InChI=1S/C22H28N4O5S/c1-5-21(28)25-19-8-6-17(7-9-19)14(2)23-22(29)15(3)26-32(30,31)20-12-10-18(11-13-20)24-16(4)27/h6-15,26H,5H2,1-4H3,(H,23,29)(H,24,27)(H,25,28)/t14?,15-/m0/s1. The lowest BCUT2D eigenvalue weighted by atomic mass is 10.1. The molecule has 0 aromatic heterocycles. The van der Waals surface area contributed by atoms with Crippen LogP contribution in [0.3, 0.4) is 0 Å². The van der Waals surface area contributed by atoms with Crippen LogP contribution in [0, 0.1) is 0 Å². The first-order chi connectivity index (χ1) is 15.0. The van der Waals surface area contributed by atoms with Gasteiger partial charge in [0.1, 0.15) is 0 Å². The van der Waals surface area contributed by atoms with E-state index in [9.17, 15) is 22.8 Å². The summed E-state index contributed by atoms with van der Waals surface area (Å²) in [4.78, 5) is 35.0. The third kappa shape index (κ3) is 7.17. The van der Waals surface area contributed by atoms with E-state index in [0.29, 0.717) is 17.8 Å². The number of sulfonamides is 1. The molecule has 9 nitrogen and oxygen atoms in total. The third-order valence-electron chi connectivity index (χ3n) is 4.58. The van der Waals surface area contributed by atoms with Crippen molar-refractivity contribution < 1.29 is 22.8 Å². The van der Waals surface area contributed by atoms with Gasteiger partial charge >= 0.3 is 0 Å². The van der Waals surface area contributed by atoms with Crippen molar-refractivity contribution in [1.82, 2.24) is 10.0 Å². The van der Waals surface area contributed by atoms with E-state index in [-0.39, 0.29) is 22.8 Å². The van der Waals surface area contributed by atoms with Crippen molar-refractivity contribution in [3.63, 3.8) is 0 Å². The largest absolute Gasteiger partial charge is 0.348 e. The minimum atomic E-state index is -3.93. The zero-order valence-corrected chi connectivity index (χ0v) is 19.2. The van der Waals surface area contributed by atoms with Crippen molar-refractivity contribution in [2.75, 3.05) is 10.6 Å². The average Bonchev–Trinajstić information content (AvgIpc) is 2.73. The van der Waals surface area contributed by atoms with Crippen LogP contribution in [0.25, 0.3) is 0 Å². The number of hydrogen-bond donors (Lipinski definition) is 4. The molecule has 0 bridgehead atoms. The highest BCUT2D eigenvalue weighted by Crippen LogP contribution is 2.17. The monoisotopic (exact) mass is 460 g/mol. The summed E-state index contributed by atoms with van der Waals surface area (Å²) in [5.74, 6) is -0.845. The van der Waals surface area contributed by atoms with Crippen molar-refractivity contribution in [2.24, 2.45) is 0 Å². The Balaban J connectivity index is 1.97. The number of nitrogens with one attached hydrogen (secondary N) is 4. The highest BCUT2D eigenvalue weighted by atomic mass is 32.2. The van der Waals surface area contributed by atoms with Crippen molar-refractivity contribution in [3.05, 3.63) is 54.1 Å². The van der Waals surface area contributed by atoms with Crippen LogP contribution in [0.1, 0.15) is 45.7 Å². The molecule has 0 fully saturated rings. The topological polar surface area (TPSA) is 133 Å². The van der Waals surface area contributed by atoms with Gasteiger partial charge < -0.3 is 16.0 Å². The maximum Gasteiger partial charge on any atom is 0.241 e. The molecule has 0 heterocycles. The number of benzene rings is 2. The van der Waals surface area contributed by atoms with E-state index in [1.165, 1.54) is 38.1 Å². The lowest BCUT2D eigenvalue weighted by Crippen LogP contribution is -2.45. The quantitative estimate of drug-likeness (QED) is 0.456. The Labute approximate surface area is 188 Å². The first-order valence-electron chi connectivity index (χ1n) is 10.1. The fraction of sp³-hybridized carbons (Fsp3) is 0.318. The summed E-state index contributed by atoms with van der Waals surface area (Å²) in [6.07, 6.45) is 0.376. The number of hydrogen-bond acceptors (Lipinski definition) is 5. The fourth-order valence-corrected chi connectivity index (χ4v) is 4.00. The first-order valence-corrected chi connectivity index (χ1v) is 11.6. The summed E-state index contributed by atoms with van der Waals surface area (Å²) in [7, 11) is -3.93. The van der Waals surface area contributed by atoms with Gasteiger partial charge in [-0.25, -0.2) is 8.42 Å². The van der Waals surface area contributed by atoms with E-state index in [0.717, 1.165) is 5.56 Å². The van der Waals surface area contributed by atoms with Gasteiger partial charge in [-0.15, -0.1) is 0 Å². The molecule has 3 amide bonds. The number of carbonyl (C=O) groups excluding carboxylic acids is 3. The Morgan fingerprint density at radius 1 is 0.875 bits per heavy atom. The van der Waals surface area contributed by atoms with Crippen LogP contribution in [-0.2, 0) is 24.4 Å². The van der Waals surface area contributed by atoms with Crippen molar-refractivity contribution in [1.29, 1.82) is 0 Å². The van der Waals surface area contributed by atoms with Crippen molar-refractivity contribution >= 4 is 39.1 Å². The summed E-state index contributed by atoms with van der Waals surface area (Å²) in [5.41, 5.74) is 1.93. The third-order valence-corrected chi connectivity index (χ3v) is 6.14. The molecule has 172 valence electrons. The molecule has 0 saturated heterocycles. The number of amides is 3. The molecule has 4 N–H and O–H groups in total. The molecule has 2 atom stereocenters. The van der Waals surface area contributed by atoms with E-state index in [4.69, 9.17) is 0 Å². The number of anilines is 2.